The Bertz CT molecular complexity index is 3180. The van der Waals surface area contributed by atoms with Crippen LogP contribution in [0.4, 0.5) is 0 Å². The summed E-state index contributed by atoms with van der Waals surface area (Å²) in [6, 6.07) is 71.5. The van der Waals surface area contributed by atoms with E-state index in [9.17, 15) is 0 Å². The van der Waals surface area contributed by atoms with Gasteiger partial charge in [0.15, 0.2) is 5.82 Å². The summed E-state index contributed by atoms with van der Waals surface area (Å²) in [5, 5.41) is 10.0. The molecule has 3 heteroatoms. The fourth-order valence-corrected chi connectivity index (χ4v) is 8.38. The number of fused-ring (bicyclic) bond motifs is 7. The fraction of sp³-hybridized carbons (Fsp3) is 0. The van der Waals surface area contributed by atoms with Crippen LogP contribution >= 0.6 is 0 Å². The van der Waals surface area contributed by atoms with Crippen LogP contribution in [-0.2, 0) is 0 Å². The van der Waals surface area contributed by atoms with E-state index in [1.165, 1.54) is 65.3 Å². The standard InChI is InChI=1S/C52H33N3/c1-2-13-38(14-3-1)52-53-47(33-48(54-52)36-26-29-40(30-27-36)55-49-20-10-8-18-43(49)44-19-9-11-21-50(44)55)35-22-24-37(25-23-35)51-42-17-7-5-15-39(42)32-46-41-16-6-4-12-34(41)28-31-45(46)51/h1-33H. The zero-order chi connectivity index (χ0) is 36.3. The third kappa shape index (κ3) is 5.20. The Labute approximate surface area is 318 Å². The Morgan fingerprint density at radius 2 is 0.836 bits per heavy atom. The van der Waals surface area contributed by atoms with E-state index in [2.05, 4.69) is 187 Å². The number of benzene rings is 9. The molecule has 0 aliphatic rings. The lowest BCUT2D eigenvalue weighted by Gasteiger charge is -2.15. The van der Waals surface area contributed by atoms with Crippen LogP contribution in [-0.4, -0.2) is 14.5 Å². The summed E-state index contributed by atoms with van der Waals surface area (Å²) in [5.74, 6) is 0.704. The van der Waals surface area contributed by atoms with Crippen LogP contribution in [0.3, 0.4) is 0 Å². The second-order valence-electron chi connectivity index (χ2n) is 14.2. The summed E-state index contributed by atoms with van der Waals surface area (Å²) >= 11 is 0. The molecular weight excluding hydrogens is 667 g/mol. The van der Waals surface area contributed by atoms with E-state index in [1.807, 2.05) is 18.2 Å². The van der Waals surface area contributed by atoms with Crippen LogP contribution in [0.1, 0.15) is 0 Å². The second-order valence-corrected chi connectivity index (χ2v) is 14.2. The molecule has 0 atom stereocenters. The minimum absolute atomic E-state index is 0.704. The topological polar surface area (TPSA) is 30.7 Å². The predicted molar refractivity (Wildman–Crippen MR) is 231 cm³/mol. The molecule has 0 aliphatic carbocycles. The summed E-state index contributed by atoms with van der Waals surface area (Å²) in [5.41, 5.74) is 10.8. The van der Waals surface area contributed by atoms with Crippen LogP contribution in [0.25, 0.3) is 105 Å². The van der Waals surface area contributed by atoms with Crippen LogP contribution in [0, 0.1) is 0 Å². The van der Waals surface area contributed by atoms with Crippen LogP contribution < -0.4 is 0 Å². The molecule has 0 unspecified atom stereocenters. The molecule has 0 aliphatic heterocycles. The largest absolute Gasteiger partial charge is 0.309 e. The molecule has 0 spiro atoms. The van der Waals surface area contributed by atoms with E-state index in [0.29, 0.717) is 5.82 Å². The van der Waals surface area contributed by atoms with Gasteiger partial charge in [-0.1, -0.05) is 164 Å². The van der Waals surface area contributed by atoms with E-state index >= 15 is 0 Å². The van der Waals surface area contributed by atoms with Gasteiger partial charge in [0, 0.05) is 33.2 Å². The number of hydrogen-bond donors (Lipinski definition) is 0. The summed E-state index contributed by atoms with van der Waals surface area (Å²) in [4.78, 5) is 10.3. The van der Waals surface area contributed by atoms with E-state index < -0.39 is 0 Å². The summed E-state index contributed by atoms with van der Waals surface area (Å²) in [7, 11) is 0. The maximum absolute atomic E-state index is 5.15. The highest BCUT2D eigenvalue weighted by atomic mass is 15.0. The molecule has 9 aromatic carbocycles. The molecule has 11 aromatic rings. The zero-order valence-electron chi connectivity index (χ0n) is 29.9. The molecule has 0 radical (unpaired) electrons. The maximum atomic E-state index is 5.15. The summed E-state index contributed by atoms with van der Waals surface area (Å²) in [6.45, 7) is 0. The Morgan fingerprint density at radius 1 is 0.309 bits per heavy atom. The van der Waals surface area contributed by atoms with Gasteiger partial charge in [-0.2, -0.15) is 0 Å². The highest BCUT2D eigenvalue weighted by Crippen LogP contribution is 2.40. The summed E-state index contributed by atoms with van der Waals surface area (Å²) < 4.78 is 2.35. The number of hydrogen-bond acceptors (Lipinski definition) is 2. The minimum atomic E-state index is 0.704. The van der Waals surface area contributed by atoms with Gasteiger partial charge in [0.2, 0.25) is 0 Å². The van der Waals surface area contributed by atoms with Gasteiger partial charge in [0.25, 0.3) is 0 Å². The first-order valence-corrected chi connectivity index (χ1v) is 18.7. The molecule has 55 heavy (non-hydrogen) atoms. The van der Waals surface area contributed by atoms with E-state index in [0.717, 1.165) is 33.8 Å². The third-order valence-corrected chi connectivity index (χ3v) is 11.0. The van der Waals surface area contributed by atoms with Gasteiger partial charge in [-0.3, -0.25) is 0 Å². The number of rotatable bonds is 5. The van der Waals surface area contributed by atoms with Crippen molar-refractivity contribution in [3.63, 3.8) is 0 Å². The van der Waals surface area contributed by atoms with Gasteiger partial charge in [-0.25, -0.2) is 9.97 Å². The normalized spacial score (nSPS) is 11.6. The molecule has 2 heterocycles. The Hall–Kier alpha value is -7.36. The monoisotopic (exact) mass is 699 g/mol. The SMILES string of the molecule is c1ccc(-c2nc(-c3ccc(-c4c5ccccc5cc5c4ccc4ccccc45)cc3)cc(-c3ccc(-n4c5ccccc5c5ccccc54)cc3)n2)cc1. The highest BCUT2D eigenvalue weighted by Gasteiger charge is 2.16. The highest BCUT2D eigenvalue weighted by molar-refractivity contribution is 6.20. The van der Waals surface area contributed by atoms with Crippen molar-refractivity contribution >= 4 is 54.1 Å². The lowest BCUT2D eigenvalue weighted by molar-refractivity contribution is 1.17. The smallest absolute Gasteiger partial charge is 0.160 e. The minimum Gasteiger partial charge on any atom is -0.309 e. The quantitative estimate of drug-likeness (QED) is 0.132. The average Bonchev–Trinajstić information content (AvgIpc) is 3.60. The maximum Gasteiger partial charge on any atom is 0.160 e. The second kappa shape index (κ2) is 12.6. The van der Waals surface area contributed by atoms with Crippen molar-refractivity contribution in [2.45, 2.75) is 0 Å². The van der Waals surface area contributed by atoms with Crippen molar-refractivity contribution in [2.24, 2.45) is 0 Å². The van der Waals surface area contributed by atoms with Gasteiger partial charge in [0.05, 0.1) is 22.4 Å². The van der Waals surface area contributed by atoms with Gasteiger partial charge in [-0.15, -0.1) is 0 Å². The predicted octanol–water partition coefficient (Wildman–Crippen LogP) is 13.7. The van der Waals surface area contributed by atoms with E-state index in [4.69, 9.17) is 9.97 Å². The molecule has 3 nitrogen and oxygen atoms in total. The fourth-order valence-electron chi connectivity index (χ4n) is 8.38. The molecule has 0 saturated carbocycles. The molecule has 0 amide bonds. The van der Waals surface area contributed by atoms with Crippen molar-refractivity contribution < 1.29 is 0 Å². The van der Waals surface area contributed by atoms with Crippen LogP contribution in [0.2, 0.25) is 0 Å². The summed E-state index contributed by atoms with van der Waals surface area (Å²) in [6.07, 6.45) is 0. The van der Waals surface area contributed by atoms with E-state index in [-0.39, 0.29) is 0 Å². The lowest BCUT2D eigenvalue weighted by Crippen LogP contribution is -1.97. The van der Waals surface area contributed by atoms with Gasteiger partial charge >= 0.3 is 0 Å². The first kappa shape index (κ1) is 31.2. The number of nitrogens with zero attached hydrogens (tertiary/aromatic N) is 3. The molecule has 0 N–H and O–H groups in total. The van der Waals surface area contributed by atoms with Gasteiger partial charge in [0.1, 0.15) is 0 Å². The Kier molecular flexibility index (Phi) is 7.17. The van der Waals surface area contributed by atoms with Crippen molar-refractivity contribution in [3.05, 3.63) is 200 Å². The average molecular weight is 700 g/mol. The first-order chi connectivity index (χ1) is 27.3. The van der Waals surface area contributed by atoms with Gasteiger partial charge < -0.3 is 4.57 Å². The third-order valence-electron chi connectivity index (χ3n) is 11.0. The lowest BCUT2D eigenvalue weighted by atomic mass is 9.89. The first-order valence-electron chi connectivity index (χ1n) is 18.7. The molecule has 0 saturated heterocycles. The molecule has 256 valence electrons. The van der Waals surface area contributed by atoms with E-state index in [1.54, 1.807) is 0 Å². The Balaban J connectivity index is 1.03. The Morgan fingerprint density at radius 3 is 1.51 bits per heavy atom. The van der Waals surface area contributed by atoms with Crippen molar-refractivity contribution in [1.29, 1.82) is 0 Å². The zero-order valence-corrected chi connectivity index (χ0v) is 29.9. The van der Waals surface area contributed by atoms with Gasteiger partial charge in [-0.05, 0) is 79.8 Å². The number of para-hydroxylation sites is 2. The molecule has 0 fully saturated rings. The molecule has 2 aromatic heterocycles. The molecular formula is C52H33N3. The van der Waals surface area contributed by atoms with Crippen LogP contribution in [0.5, 0.6) is 0 Å². The van der Waals surface area contributed by atoms with Crippen LogP contribution in [0.15, 0.2) is 200 Å². The molecule has 0 bridgehead atoms. The van der Waals surface area contributed by atoms with Crippen molar-refractivity contribution in [1.82, 2.24) is 14.5 Å². The molecule has 11 rings (SSSR count). The van der Waals surface area contributed by atoms with Crippen molar-refractivity contribution in [3.8, 4) is 50.7 Å². The number of aromatic nitrogens is 3. The van der Waals surface area contributed by atoms with Crippen molar-refractivity contribution in [2.75, 3.05) is 0 Å².